The van der Waals surface area contributed by atoms with Crippen molar-refractivity contribution in [1.82, 2.24) is 19.9 Å². The first-order valence-corrected chi connectivity index (χ1v) is 10.1. The Morgan fingerprint density at radius 3 is 2.78 bits per heavy atom. The Morgan fingerprint density at radius 2 is 2.00 bits per heavy atom. The van der Waals surface area contributed by atoms with Gasteiger partial charge in [0.15, 0.2) is 23.1 Å². The number of carbonyl (C=O) groups excluding carboxylic acids is 1. The molecule has 0 aliphatic carbocycles. The molecule has 4 rings (SSSR count). The first kappa shape index (κ1) is 21.2. The minimum absolute atomic E-state index is 0.144. The number of anilines is 2. The first-order valence-electron chi connectivity index (χ1n) is 10.1. The molecule has 10 nitrogen and oxygen atoms in total. The molecule has 0 radical (unpaired) electrons. The van der Waals surface area contributed by atoms with Gasteiger partial charge < -0.3 is 25.8 Å². The average Bonchev–Trinajstić information content (AvgIpc) is 3.24. The van der Waals surface area contributed by atoms with Crippen molar-refractivity contribution in [3.8, 4) is 17.3 Å². The number of hydrogen-bond donors (Lipinski definition) is 3. The first-order chi connectivity index (χ1) is 15.4. The van der Waals surface area contributed by atoms with Crippen molar-refractivity contribution in [3.05, 3.63) is 63.3 Å². The van der Waals surface area contributed by atoms with Gasteiger partial charge in [0, 0.05) is 31.2 Å². The van der Waals surface area contributed by atoms with Gasteiger partial charge in [0.25, 0.3) is 5.56 Å². The molecule has 32 heavy (non-hydrogen) atoms. The highest BCUT2D eigenvalue weighted by atomic mass is 16.7. The van der Waals surface area contributed by atoms with Crippen molar-refractivity contribution in [2.24, 2.45) is 0 Å². The zero-order chi connectivity index (χ0) is 22.8. The van der Waals surface area contributed by atoms with Gasteiger partial charge in [0.2, 0.25) is 12.7 Å². The second kappa shape index (κ2) is 8.58. The number of aromatic nitrogens is 3. The van der Waals surface area contributed by atoms with E-state index in [4.69, 9.17) is 15.2 Å². The van der Waals surface area contributed by atoms with Gasteiger partial charge in [-0.05, 0) is 43.2 Å². The maximum absolute atomic E-state index is 13.2. The molecule has 1 amide bonds. The second-order valence-electron chi connectivity index (χ2n) is 7.43. The van der Waals surface area contributed by atoms with Crippen LogP contribution in [0.25, 0.3) is 5.82 Å². The molecule has 3 heterocycles. The Balaban J connectivity index is 1.63. The van der Waals surface area contributed by atoms with Gasteiger partial charge in [-0.2, -0.15) is 0 Å². The lowest BCUT2D eigenvalue weighted by molar-refractivity contribution is -0.119. The van der Waals surface area contributed by atoms with Crippen molar-refractivity contribution in [2.75, 3.05) is 24.9 Å². The summed E-state index contributed by atoms with van der Waals surface area (Å²) in [5.41, 5.74) is 8.97. The number of nitrogen functional groups attached to an aromatic ring is 1. The third kappa shape index (κ3) is 4.07. The maximum Gasteiger partial charge on any atom is 0.299 e. The van der Waals surface area contributed by atoms with Crippen molar-refractivity contribution < 1.29 is 14.3 Å². The Hall–Kier alpha value is -4.08. The fourth-order valence-corrected chi connectivity index (χ4v) is 3.43. The van der Waals surface area contributed by atoms with E-state index in [1.54, 1.807) is 33.2 Å². The quantitative estimate of drug-likeness (QED) is 0.529. The Morgan fingerprint density at radius 1 is 1.22 bits per heavy atom. The third-order valence-corrected chi connectivity index (χ3v) is 5.20. The molecule has 0 spiro atoms. The number of nitrogens with zero attached hydrogens (tertiary/aromatic N) is 3. The molecule has 0 unspecified atom stereocenters. The van der Waals surface area contributed by atoms with Crippen LogP contribution in [0.5, 0.6) is 11.5 Å². The number of hydrogen-bond acceptors (Lipinski definition) is 8. The van der Waals surface area contributed by atoms with Crippen LogP contribution in [-0.2, 0) is 17.8 Å². The third-order valence-electron chi connectivity index (χ3n) is 5.20. The number of aryl methyl sites for hydroxylation is 2. The fraction of sp³-hybridized carbons (Fsp3) is 0.273. The molecule has 1 aliphatic heterocycles. The molecular formula is C22H24N6O4. The summed E-state index contributed by atoms with van der Waals surface area (Å²) in [6, 6.07) is 7.25. The molecule has 0 atom stereocenters. The van der Waals surface area contributed by atoms with Crippen LogP contribution in [0.2, 0.25) is 0 Å². The molecule has 2 aromatic heterocycles. The van der Waals surface area contributed by atoms with E-state index in [1.165, 1.54) is 4.57 Å². The van der Waals surface area contributed by atoms with E-state index in [0.717, 1.165) is 5.56 Å². The lowest BCUT2D eigenvalue weighted by Gasteiger charge is -2.15. The topological polar surface area (TPSA) is 133 Å². The molecule has 0 saturated carbocycles. The van der Waals surface area contributed by atoms with Crippen LogP contribution in [0, 0.1) is 13.8 Å². The highest BCUT2D eigenvalue weighted by Gasteiger charge is 2.17. The number of carbonyl (C=O) groups is 1. The van der Waals surface area contributed by atoms with Crippen LogP contribution >= 0.6 is 0 Å². The zero-order valence-electron chi connectivity index (χ0n) is 18.1. The summed E-state index contributed by atoms with van der Waals surface area (Å²) in [6.45, 7) is 4.10. The van der Waals surface area contributed by atoms with Crippen LogP contribution in [-0.4, -0.2) is 34.3 Å². The predicted octanol–water partition coefficient (Wildman–Crippen LogP) is 1.46. The normalized spacial score (nSPS) is 12.0. The smallest absolute Gasteiger partial charge is 0.299 e. The number of benzene rings is 1. The number of nitrogens with two attached hydrogens (primary N) is 1. The molecular weight excluding hydrogens is 412 g/mol. The van der Waals surface area contributed by atoms with Crippen molar-refractivity contribution in [2.45, 2.75) is 26.8 Å². The highest BCUT2D eigenvalue weighted by Crippen LogP contribution is 2.32. The van der Waals surface area contributed by atoms with Gasteiger partial charge in [0.05, 0.1) is 12.1 Å². The Bertz CT molecular complexity index is 1250. The Labute approximate surface area is 184 Å². The summed E-state index contributed by atoms with van der Waals surface area (Å²) in [7, 11) is 1.57. The molecule has 10 heteroatoms. The number of ether oxygens (including phenoxy) is 2. The predicted molar refractivity (Wildman–Crippen MR) is 119 cm³/mol. The standard InChI is InChI=1S/C22H24N6O4/c1-12-9-25-20(26-10-14-4-5-17-18(6-14)32-11-31-17)22(30)28(12)21-16(23)7-15(13(2)27-21)8-19(29)24-3/h4-7,9H,8,10-11,23H2,1-3H3,(H,24,29)(H,25,26). The molecule has 4 N–H and O–H groups in total. The fourth-order valence-electron chi connectivity index (χ4n) is 3.43. The number of amides is 1. The molecule has 0 saturated heterocycles. The van der Waals surface area contributed by atoms with E-state index < -0.39 is 0 Å². The highest BCUT2D eigenvalue weighted by molar-refractivity contribution is 5.79. The Kier molecular flexibility index (Phi) is 5.67. The van der Waals surface area contributed by atoms with Crippen molar-refractivity contribution in [3.63, 3.8) is 0 Å². The van der Waals surface area contributed by atoms with Gasteiger partial charge in [-0.1, -0.05) is 6.07 Å². The molecule has 166 valence electrons. The second-order valence-corrected chi connectivity index (χ2v) is 7.43. The van der Waals surface area contributed by atoms with Crippen molar-refractivity contribution in [1.29, 1.82) is 0 Å². The summed E-state index contributed by atoms with van der Waals surface area (Å²) < 4.78 is 12.1. The number of nitrogens with one attached hydrogen (secondary N) is 2. The zero-order valence-corrected chi connectivity index (χ0v) is 18.1. The SMILES string of the molecule is CNC(=O)Cc1cc(N)c(-n2c(C)cnc(NCc3ccc4c(c3)OCO4)c2=O)nc1C. The minimum Gasteiger partial charge on any atom is -0.454 e. The van der Waals surface area contributed by atoms with Crippen LogP contribution < -0.4 is 31.4 Å². The number of likely N-dealkylation sites (N-methyl/N-ethyl adjacent to an activating group) is 1. The molecule has 3 aromatic rings. The van der Waals surface area contributed by atoms with Crippen molar-refractivity contribution >= 4 is 17.4 Å². The summed E-state index contributed by atoms with van der Waals surface area (Å²) in [5.74, 6) is 1.69. The van der Waals surface area contributed by atoms with E-state index in [-0.39, 0.29) is 30.5 Å². The van der Waals surface area contributed by atoms with Crippen LogP contribution in [0.15, 0.2) is 35.3 Å². The molecule has 0 fully saturated rings. The average molecular weight is 436 g/mol. The lowest BCUT2D eigenvalue weighted by Crippen LogP contribution is -2.27. The molecule has 1 aliphatic rings. The van der Waals surface area contributed by atoms with E-state index in [1.807, 2.05) is 18.2 Å². The summed E-state index contributed by atoms with van der Waals surface area (Å²) in [5, 5.41) is 5.65. The maximum atomic E-state index is 13.2. The number of pyridine rings is 1. The van der Waals surface area contributed by atoms with Gasteiger partial charge in [0.1, 0.15) is 0 Å². The lowest BCUT2D eigenvalue weighted by atomic mass is 10.1. The van der Waals surface area contributed by atoms with Gasteiger partial charge in [-0.15, -0.1) is 0 Å². The molecule has 1 aromatic carbocycles. The van der Waals surface area contributed by atoms with Gasteiger partial charge in [-0.3, -0.25) is 14.2 Å². The summed E-state index contributed by atoms with van der Waals surface area (Å²) in [6.07, 6.45) is 1.74. The van der Waals surface area contributed by atoms with E-state index in [0.29, 0.717) is 46.5 Å². The van der Waals surface area contributed by atoms with Crippen LogP contribution in [0.3, 0.4) is 0 Å². The van der Waals surface area contributed by atoms with Crippen LogP contribution in [0.4, 0.5) is 11.5 Å². The van der Waals surface area contributed by atoms with Gasteiger partial charge in [-0.25, -0.2) is 9.97 Å². The van der Waals surface area contributed by atoms with E-state index in [9.17, 15) is 9.59 Å². The molecule has 0 bridgehead atoms. The summed E-state index contributed by atoms with van der Waals surface area (Å²) >= 11 is 0. The summed E-state index contributed by atoms with van der Waals surface area (Å²) in [4.78, 5) is 33.7. The number of fused-ring (bicyclic) bond motifs is 1. The van der Waals surface area contributed by atoms with E-state index >= 15 is 0 Å². The van der Waals surface area contributed by atoms with Gasteiger partial charge >= 0.3 is 0 Å². The minimum atomic E-state index is -0.372. The largest absolute Gasteiger partial charge is 0.454 e. The van der Waals surface area contributed by atoms with Crippen LogP contribution in [0.1, 0.15) is 22.5 Å². The number of rotatable bonds is 6. The monoisotopic (exact) mass is 436 g/mol. The van der Waals surface area contributed by atoms with E-state index in [2.05, 4.69) is 20.6 Å².